The maximum atomic E-state index is 9.72. The first kappa shape index (κ1) is 20.9. The lowest BCUT2D eigenvalue weighted by molar-refractivity contribution is 0.270. The molecule has 7 nitrogen and oxygen atoms in total. The molecule has 3 N–H and O–H groups in total. The highest BCUT2D eigenvalue weighted by Gasteiger charge is 2.19. The van der Waals surface area contributed by atoms with Gasteiger partial charge in [-0.25, -0.2) is 4.68 Å². The molecular weight excluding hydrogens is 402 g/mol. The molecule has 0 atom stereocenters. The predicted molar refractivity (Wildman–Crippen MR) is 114 cm³/mol. The third kappa shape index (κ3) is 4.61. The van der Waals surface area contributed by atoms with E-state index in [-0.39, 0.29) is 35.8 Å². The van der Waals surface area contributed by atoms with Gasteiger partial charge in [-0.05, 0) is 29.8 Å². The molecule has 0 fully saturated rings. The fourth-order valence-corrected chi connectivity index (χ4v) is 3.03. The molecule has 0 saturated heterocycles. The van der Waals surface area contributed by atoms with E-state index in [2.05, 4.69) is 11.2 Å². The lowest BCUT2D eigenvalue weighted by Crippen LogP contribution is -2.07. The van der Waals surface area contributed by atoms with Gasteiger partial charge in [0.2, 0.25) is 0 Å². The van der Waals surface area contributed by atoms with Crippen molar-refractivity contribution in [2.24, 2.45) is 0 Å². The van der Waals surface area contributed by atoms with Crippen LogP contribution in [0.15, 0.2) is 48.5 Å². The first-order valence-electron chi connectivity index (χ1n) is 9.03. The molecule has 8 heteroatoms. The molecule has 0 spiro atoms. The Morgan fingerprint density at radius 1 is 1.23 bits per heavy atom. The van der Waals surface area contributed by atoms with Crippen LogP contribution in [0.2, 0.25) is 5.02 Å². The molecule has 0 amide bonds. The summed E-state index contributed by atoms with van der Waals surface area (Å²) in [7, 11) is 0. The summed E-state index contributed by atoms with van der Waals surface area (Å²) in [4.78, 5) is 0. The third-order valence-corrected chi connectivity index (χ3v) is 4.53. The second kappa shape index (κ2) is 9.62. The van der Waals surface area contributed by atoms with Crippen LogP contribution < -0.4 is 10.5 Å². The first-order chi connectivity index (χ1) is 14.6. The van der Waals surface area contributed by atoms with Crippen LogP contribution >= 0.6 is 11.6 Å². The van der Waals surface area contributed by atoms with Crippen LogP contribution in [0.25, 0.3) is 11.6 Å². The molecule has 2 aromatic carbocycles. The molecule has 0 saturated carbocycles. The predicted octanol–water partition coefficient (Wildman–Crippen LogP) is 3.63. The molecule has 150 valence electrons. The molecular formula is C22H18ClN5O2. The van der Waals surface area contributed by atoms with E-state index in [1.807, 2.05) is 36.4 Å². The Hall–Kier alpha value is -3.78. The topological polar surface area (TPSA) is 121 Å². The number of nitrogens with two attached hydrogens (primary N) is 1. The van der Waals surface area contributed by atoms with Crippen LogP contribution in [0.1, 0.15) is 22.4 Å². The number of nitrogens with zero attached hydrogens (tertiary/aromatic N) is 4. The van der Waals surface area contributed by atoms with Gasteiger partial charge in [-0.1, -0.05) is 41.9 Å². The smallest absolute Gasteiger partial charge is 0.140 e. The first-order valence-corrected chi connectivity index (χ1v) is 9.40. The van der Waals surface area contributed by atoms with Crippen molar-refractivity contribution in [3.8, 4) is 17.9 Å². The molecule has 3 rings (SSSR count). The van der Waals surface area contributed by atoms with Crippen LogP contribution in [-0.4, -0.2) is 21.5 Å². The minimum absolute atomic E-state index is 0.0741. The fraction of sp³-hybridized carbons (Fsp3) is 0.136. The highest BCUT2D eigenvalue weighted by molar-refractivity contribution is 6.30. The Morgan fingerprint density at radius 3 is 2.67 bits per heavy atom. The molecule has 0 aliphatic heterocycles. The van der Waals surface area contributed by atoms with Crippen LogP contribution in [0.4, 0.5) is 5.82 Å². The number of rotatable bonds is 7. The molecule has 0 radical (unpaired) electrons. The van der Waals surface area contributed by atoms with Crippen molar-refractivity contribution < 1.29 is 9.84 Å². The third-order valence-electron chi connectivity index (χ3n) is 4.30. The second-order valence-electron chi connectivity index (χ2n) is 6.29. The van der Waals surface area contributed by atoms with Gasteiger partial charge in [-0.3, -0.25) is 0 Å². The number of aliphatic hydroxyl groups is 1. The SMILES string of the molecule is N#CC(=Cc1cc(Cl)ccc1OCc1ccccc1)c1nn(CCO)c(N)c1C#N. The quantitative estimate of drug-likeness (QED) is 0.564. The molecule has 3 aromatic rings. The summed E-state index contributed by atoms with van der Waals surface area (Å²) in [6.45, 7) is 0.252. The summed E-state index contributed by atoms with van der Waals surface area (Å²) in [6, 6.07) is 18.8. The number of nitriles is 2. The van der Waals surface area contributed by atoms with E-state index in [1.54, 1.807) is 24.3 Å². The zero-order valence-corrected chi connectivity index (χ0v) is 16.7. The Balaban J connectivity index is 2.00. The molecule has 1 aromatic heterocycles. The van der Waals surface area contributed by atoms with Gasteiger partial charge < -0.3 is 15.6 Å². The average molecular weight is 420 g/mol. The minimum atomic E-state index is -0.201. The molecule has 0 aliphatic carbocycles. The van der Waals surface area contributed by atoms with Crippen molar-refractivity contribution in [1.29, 1.82) is 10.5 Å². The van der Waals surface area contributed by atoms with Gasteiger partial charge in [0.15, 0.2) is 0 Å². The fourth-order valence-electron chi connectivity index (χ4n) is 2.85. The van der Waals surface area contributed by atoms with Crippen molar-refractivity contribution in [1.82, 2.24) is 9.78 Å². The molecule has 0 bridgehead atoms. The van der Waals surface area contributed by atoms with Crippen molar-refractivity contribution in [3.63, 3.8) is 0 Å². The average Bonchev–Trinajstić information content (AvgIpc) is 3.07. The Labute approximate surface area is 178 Å². The number of hydrogen-bond donors (Lipinski definition) is 2. The van der Waals surface area contributed by atoms with Gasteiger partial charge in [-0.15, -0.1) is 0 Å². The molecule has 1 heterocycles. The lowest BCUT2D eigenvalue weighted by Gasteiger charge is -2.10. The van der Waals surface area contributed by atoms with E-state index >= 15 is 0 Å². The summed E-state index contributed by atoms with van der Waals surface area (Å²) in [5, 5.41) is 33.0. The minimum Gasteiger partial charge on any atom is -0.488 e. The normalized spacial score (nSPS) is 11.0. The summed E-state index contributed by atoms with van der Waals surface area (Å²) in [5.74, 6) is 0.617. The number of allylic oxidation sites excluding steroid dienone is 1. The standard InChI is InChI=1S/C22H18ClN5O2/c23-18-6-7-20(30-14-15-4-2-1-3-5-15)16(11-18)10-17(12-24)21-19(13-25)22(26)28(27-21)8-9-29/h1-7,10-11,29H,8-9,14,26H2. The summed E-state index contributed by atoms with van der Waals surface area (Å²) >= 11 is 6.15. The maximum absolute atomic E-state index is 9.72. The highest BCUT2D eigenvalue weighted by atomic mass is 35.5. The van der Waals surface area contributed by atoms with Gasteiger partial charge in [0.1, 0.15) is 41.6 Å². The largest absolute Gasteiger partial charge is 0.488 e. The van der Waals surface area contributed by atoms with Crippen molar-refractivity contribution in [2.45, 2.75) is 13.2 Å². The number of aromatic nitrogens is 2. The lowest BCUT2D eigenvalue weighted by atomic mass is 10.1. The molecule has 0 aliphatic rings. The maximum Gasteiger partial charge on any atom is 0.140 e. The van der Waals surface area contributed by atoms with E-state index in [4.69, 9.17) is 27.2 Å². The van der Waals surface area contributed by atoms with Gasteiger partial charge in [0.05, 0.1) is 18.7 Å². The van der Waals surface area contributed by atoms with Gasteiger partial charge in [-0.2, -0.15) is 15.6 Å². The van der Waals surface area contributed by atoms with Crippen molar-refractivity contribution >= 4 is 29.1 Å². The second-order valence-corrected chi connectivity index (χ2v) is 6.73. The van der Waals surface area contributed by atoms with Crippen LogP contribution in [-0.2, 0) is 13.2 Å². The van der Waals surface area contributed by atoms with E-state index in [1.165, 1.54) is 4.68 Å². The number of nitrogen functional groups attached to an aromatic ring is 1. The zero-order valence-electron chi connectivity index (χ0n) is 15.9. The summed E-state index contributed by atoms with van der Waals surface area (Å²) in [5.41, 5.74) is 7.83. The number of aliphatic hydroxyl groups excluding tert-OH is 1. The van der Waals surface area contributed by atoms with E-state index in [9.17, 15) is 10.5 Å². The Kier molecular flexibility index (Phi) is 6.71. The number of halogens is 1. The van der Waals surface area contributed by atoms with E-state index < -0.39 is 0 Å². The highest BCUT2D eigenvalue weighted by Crippen LogP contribution is 2.30. The molecule has 30 heavy (non-hydrogen) atoms. The van der Waals surface area contributed by atoms with Gasteiger partial charge >= 0.3 is 0 Å². The summed E-state index contributed by atoms with van der Waals surface area (Å²) < 4.78 is 7.22. The molecule has 0 unspecified atom stereocenters. The van der Waals surface area contributed by atoms with Crippen molar-refractivity contribution in [3.05, 3.63) is 75.9 Å². The van der Waals surface area contributed by atoms with Crippen molar-refractivity contribution in [2.75, 3.05) is 12.3 Å². The van der Waals surface area contributed by atoms with Crippen LogP contribution in [0, 0.1) is 22.7 Å². The van der Waals surface area contributed by atoms with Crippen LogP contribution in [0.5, 0.6) is 5.75 Å². The Bertz CT molecular complexity index is 1160. The van der Waals surface area contributed by atoms with Gasteiger partial charge in [0, 0.05) is 10.6 Å². The number of benzene rings is 2. The van der Waals surface area contributed by atoms with E-state index in [0.717, 1.165) is 5.56 Å². The number of ether oxygens (including phenoxy) is 1. The van der Waals surface area contributed by atoms with Crippen LogP contribution in [0.3, 0.4) is 0 Å². The number of hydrogen-bond acceptors (Lipinski definition) is 6. The number of anilines is 1. The summed E-state index contributed by atoms with van der Waals surface area (Å²) in [6.07, 6.45) is 1.55. The monoisotopic (exact) mass is 419 g/mol. The zero-order chi connectivity index (χ0) is 21.5. The van der Waals surface area contributed by atoms with E-state index in [0.29, 0.717) is 22.9 Å². The van der Waals surface area contributed by atoms with Gasteiger partial charge in [0.25, 0.3) is 0 Å². The Morgan fingerprint density at radius 2 is 2.00 bits per heavy atom.